The normalized spacial score (nSPS) is 17.8. The fraction of sp³-hybridized carbons (Fsp3) is 0.588. The van der Waals surface area contributed by atoms with Crippen LogP contribution in [0.2, 0.25) is 0 Å². The molecule has 1 aliphatic rings. The monoisotopic (exact) mass is 361 g/mol. The Hall–Kier alpha value is -1.21. The summed E-state index contributed by atoms with van der Waals surface area (Å²) in [6.07, 6.45) is -2.49. The van der Waals surface area contributed by atoms with Crippen LogP contribution in [-0.4, -0.2) is 21.6 Å². The second-order valence-corrected chi connectivity index (χ2v) is 8.91. The van der Waals surface area contributed by atoms with Crippen molar-refractivity contribution in [2.75, 3.05) is 6.61 Å². The van der Waals surface area contributed by atoms with E-state index in [2.05, 4.69) is 4.40 Å². The van der Waals surface area contributed by atoms with Crippen molar-refractivity contribution in [1.29, 1.82) is 0 Å². The Balaban J connectivity index is 2.30. The molecule has 134 valence electrons. The van der Waals surface area contributed by atoms with Crippen LogP contribution in [-0.2, 0) is 17.5 Å². The molecular formula is C17H22F3NO2S. The zero-order chi connectivity index (χ0) is 18.1. The Kier molecular flexibility index (Phi) is 5.54. The second kappa shape index (κ2) is 6.96. The number of nitrogens with zero attached hydrogens (tertiary/aromatic N) is 1. The predicted octanol–water partition coefficient (Wildman–Crippen LogP) is 4.77. The van der Waals surface area contributed by atoms with Crippen molar-refractivity contribution < 1.29 is 22.5 Å². The lowest BCUT2D eigenvalue weighted by molar-refractivity contribution is -0.139. The van der Waals surface area contributed by atoms with Gasteiger partial charge in [-0.05, 0) is 58.6 Å². The lowest BCUT2D eigenvalue weighted by Gasteiger charge is -2.19. The zero-order valence-electron chi connectivity index (χ0n) is 14.2. The van der Waals surface area contributed by atoms with Gasteiger partial charge in [-0.3, -0.25) is 0 Å². The zero-order valence-corrected chi connectivity index (χ0v) is 15.1. The van der Waals surface area contributed by atoms with Gasteiger partial charge in [0, 0.05) is 5.56 Å². The summed E-state index contributed by atoms with van der Waals surface area (Å²) in [5.74, 6) is 0.154. The van der Waals surface area contributed by atoms with Crippen molar-refractivity contribution in [2.24, 2.45) is 10.3 Å². The molecule has 7 heteroatoms. The summed E-state index contributed by atoms with van der Waals surface area (Å²) >= 11 is -1.47. The van der Waals surface area contributed by atoms with E-state index in [1.165, 1.54) is 12.1 Å². The molecule has 1 aromatic rings. The van der Waals surface area contributed by atoms with E-state index in [1.807, 2.05) is 0 Å². The molecular weight excluding hydrogens is 339 g/mol. The van der Waals surface area contributed by atoms with Crippen molar-refractivity contribution in [2.45, 2.75) is 51.5 Å². The molecule has 0 aromatic heterocycles. The van der Waals surface area contributed by atoms with Crippen LogP contribution < -0.4 is 4.74 Å². The van der Waals surface area contributed by atoms with Crippen molar-refractivity contribution >= 4 is 17.1 Å². The van der Waals surface area contributed by atoms with E-state index in [1.54, 1.807) is 27.7 Å². The van der Waals surface area contributed by atoms with Gasteiger partial charge in [-0.15, -0.1) is 0 Å². The van der Waals surface area contributed by atoms with E-state index >= 15 is 0 Å². The minimum Gasteiger partial charge on any atom is -0.591 e. The first-order valence-electron chi connectivity index (χ1n) is 7.80. The maximum absolute atomic E-state index is 13.1. The lowest BCUT2D eigenvalue weighted by atomic mass is 10.1. The highest BCUT2D eigenvalue weighted by atomic mass is 32.2. The summed E-state index contributed by atoms with van der Waals surface area (Å²) in [5, 5.41) is 0. The van der Waals surface area contributed by atoms with Gasteiger partial charge in [-0.2, -0.15) is 13.2 Å². The summed E-state index contributed by atoms with van der Waals surface area (Å²) in [6.45, 7) is 7.29. The number of hydrogen-bond acceptors (Lipinski definition) is 3. The van der Waals surface area contributed by atoms with Crippen LogP contribution >= 0.6 is 0 Å². The van der Waals surface area contributed by atoms with E-state index in [9.17, 15) is 17.7 Å². The van der Waals surface area contributed by atoms with Crippen LogP contribution in [0.1, 0.15) is 51.7 Å². The van der Waals surface area contributed by atoms with Crippen LogP contribution in [0.5, 0.6) is 5.75 Å². The minimum atomic E-state index is -4.48. The molecule has 0 aliphatic heterocycles. The molecule has 3 nitrogen and oxygen atoms in total. The lowest BCUT2D eigenvalue weighted by Crippen LogP contribution is -2.26. The molecule has 1 aliphatic carbocycles. The highest BCUT2D eigenvalue weighted by Gasteiger charge is 2.35. The smallest absolute Gasteiger partial charge is 0.419 e. The molecule has 0 saturated heterocycles. The average Bonchev–Trinajstić information content (AvgIpc) is 3.26. The van der Waals surface area contributed by atoms with Gasteiger partial charge < -0.3 is 9.29 Å². The molecule has 0 bridgehead atoms. The van der Waals surface area contributed by atoms with Gasteiger partial charge in [0.1, 0.15) is 21.9 Å². The third-order valence-corrected chi connectivity index (χ3v) is 5.11. The number of benzene rings is 1. The van der Waals surface area contributed by atoms with E-state index in [0.717, 1.165) is 18.9 Å². The first kappa shape index (κ1) is 19.1. The number of ether oxygens (including phenoxy) is 1. The number of halogens is 3. The molecule has 0 N–H and O–H groups in total. The number of hydrogen-bond donors (Lipinski definition) is 0. The van der Waals surface area contributed by atoms with E-state index in [4.69, 9.17) is 4.74 Å². The van der Waals surface area contributed by atoms with Crippen LogP contribution in [0.3, 0.4) is 0 Å². The second-order valence-electron chi connectivity index (χ2n) is 7.00. The van der Waals surface area contributed by atoms with Crippen LogP contribution in [0.25, 0.3) is 0 Å². The van der Waals surface area contributed by atoms with Gasteiger partial charge in [0.2, 0.25) is 0 Å². The molecule has 0 heterocycles. The first-order valence-corrected chi connectivity index (χ1v) is 8.91. The van der Waals surface area contributed by atoms with Crippen LogP contribution in [0.4, 0.5) is 13.2 Å². The maximum Gasteiger partial charge on any atom is 0.419 e. The fourth-order valence-electron chi connectivity index (χ4n) is 1.91. The third-order valence-electron chi connectivity index (χ3n) is 3.62. The van der Waals surface area contributed by atoms with Crippen LogP contribution in [0.15, 0.2) is 22.6 Å². The standard InChI is InChI=1S/C17H22F3NO2S/c1-11(21-24(22)16(2,3)4)13-7-8-14(17(18,19)20)15(9-13)23-10-12-5-6-12/h7-9,12H,5-6,10H2,1-4H3/b21-11-. The van der Waals surface area contributed by atoms with E-state index < -0.39 is 27.8 Å². The van der Waals surface area contributed by atoms with Gasteiger partial charge in [0.15, 0.2) is 0 Å². The summed E-state index contributed by atoms with van der Waals surface area (Å²) in [7, 11) is 0. The molecule has 0 amide bonds. The average molecular weight is 361 g/mol. The van der Waals surface area contributed by atoms with E-state index in [-0.39, 0.29) is 12.4 Å². The minimum absolute atomic E-state index is 0.192. The summed E-state index contributed by atoms with van der Waals surface area (Å²) in [4.78, 5) is 0. The first-order chi connectivity index (χ1) is 11.0. The maximum atomic E-state index is 13.1. The Morgan fingerprint density at radius 1 is 1.29 bits per heavy atom. The van der Waals surface area contributed by atoms with Crippen LogP contribution in [0, 0.1) is 5.92 Å². The SMILES string of the molecule is C/C(=N/[S+]([O-])C(C)(C)C)c1ccc(C(F)(F)F)c(OCC2CC2)c1. The van der Waals surface area contributed by atoms with Crippen molar-refractivity contribution in [1.82, 2.24) is 0 Å². The number of alkyl halides is 3. The van der Waals surface area contributed by atoms with Gasteiger partial charge >= 0.3 is 6.18 Å². The fourth-order valence-corrected chi connectivity index (χ4v) is 2.54. The predicted molar refractivity (Wildman–Crippen MR) is 89.8 cm³/mol. The molecule has 0 radical (unpaired) electrons. The summed E-state index contributed by atoms with van der Waals surface area (Å²) in [5.41, 5.74) is 0.108. The Morgan fingerprint density at radius 3 is 2.42 bits per heavy atom. The van der Waals surface area contributed by atoms with Gasteiger partial charge in [-0.25, -0.2) is 0 Å². The molecule has 1 fully saturated rings. The molecule has 1 aromatic carbocycles. The molecule has 0 spiro atoms. The van der Waals surface area contributed by atoms with E-state index in [0.29, 0.717) is 17.2 Å². The summed E-state index contributed by atoms with van der Waals surface area (Å²) in [6, 6.07) is 3.67. The molecule has 1 saturated carbocycles. The highest BCUT2D eigenvalue weighted by molar-refractivity contribution is 7.91. The van der Waals surface area contributed by atoms with Gasteiger partial charge in [0.25, 0.3) is 0 Å². The van der Waals surface area contributed by atoms with Crippen molar-refractivity contribution in [3.8, 4) is 5.75 Å². The third kappa shape index (κ3) is 5.14. The quantitative estimate of drug-likeness (QED) is 0.560. The Morgan fingerprint density at radius 2 is 1.92 bits per heavy atom. The topological polar surface area (TPSA) is 44.7 Å². The van der Waals surface area contributed by atoms with Crippen molar-refractivity contribution in [3.63, 3.8) is 0 Å². The van der Waals surface area contributed by atoms with Gasteiger partial charge in [0.05, 0.1) is 17.9 Å². The van der Waals surface area contributed by atoms with Crippen molar-refractivity contribution in [3.05, 3.63) is 29.3 Å². The number of rotatable bonds is 5. The van der Waals surface area contributed by atoms with Gasteiger partial charge in [-0.1, -0.05) is 10.5 Å². The summed E-state index contributed by atoms with van der Waals surface area (Å²) < 4.78 is 60.5. The molecule has 2 rings (SSSR count). The Bertz CT molecular complexity index is 619. The molecule has 1 atom stereocenters. The highest BCUT2D eigenvalue weighted by Crippen LogP contribution is 2.38. The molecule has 24 heavy (non-hydrogen) atoms. The molecule has 1 unspecified atom stereocenters. The largest absolute Gasteiger partial charge is 0.591 e. The Labute approximate surface area is 143 Å².